The van der Waals surface area contributed by atoms with E-state index in [9.17, 15) is 9.59 Å². The molecule has 0 aromatic rings. The van der Waals surface area contributed by atoms with E-state index in [0.717, 1.165) is 24.7 Å². The maximum absolute atomic E-state index is 12.1. The van der Waals surface area contributed by atoms with Crippen LogP contribution in [0.3, 0.4) is 0 Å². The molecule has 5 fully saturated rings. The van der Waals surface area contributed by atoms with Gasteiger partial charge in [-0.25, -0.2) is 4.79 Å². The summed E-state index contributed by atoms with van der Waals surface area (Å²) in [5.41, 5.74) is 1.67. The Kier molecular flexibility index (Phi) is 4.42. The average Bonchev–Trinajstić information content (AvgIpc) is 3.25. The molecule has 0 amide bonds. The maximum Gasteiger partial charge on any atom is 0.302 e. The maximum atomic E-state index is 12.1. The van der Waals surface area contributed by atoms with Gasteiger partial charge in [-0.15, -0.1) is 0 Å². The topological polar surface area (TPSA) is 43.4 Å². The highest BCUT2D eigenvalue weighted by Gasteiger charge is 2.72. The van der Waals surface area contributed by atoms with Gasteiger partial charge in [0.2, 0.25) is 0 Å². The second-order valence-corrected chi connectivity index (χ2v) is 11.5. The third-order valence-corrected chi connectivity index (χ3v) is 11.2. The third kappa shape index (κ3) is 2.26. The van der Waals surface area contributed by atoms with Crippen LogP contribution in [0, 0.1) is 45.8 Å². The molecule has 0 heterocycles. The molecule has 3 nitrogen and oxygen atoms in total. The van der Waals surface area contributed by atoms with Crippen molar-refractivity contribution < 1.29 is 14.3 Å². The van der Waals surface area contributed by atoms with Crippen molar-refractivity contribution in [1.82, 2.24) is 0 Å². The van der Waals surface area contributed by atoms with Crippen molar-refractivity contribution in [3.8, 4) is 0 Å². The Morgan fingerprint density at radius 3 is 2.52 bits per heavy atom. The number of rotatable bonds is 2. The van der Waals surface area contributed by atoms with Crippen LogP contribution in [0.25, 0.3) is 0 Å². The van der Waals surface area contributed by atoms with E-state index in [2.05, 4.69) is 26.7 Å². The van der Waals surface area contributed by atoms with Gasteiger partial charge >= 0.3 is 5.97 Å². The molecule has 3 heteroatoms. The van der Waals surface area contributed by atoms with E-state index in [0.29, 0.717) is 17.8 Å². The number of fused-ring (bicyclic) bond motifs is 5. The number of carbonyl (C=O) groups is 1. The summed E-state index contributed by atoms with van der Waals surface area (Å²) in [4.78, 5) is 23.8. The number of esters is 1. The van der Waals surface area contributed by atoms with Gasteiger partial charge in [0.1, 0.15) is 12.0 Å². The molecule has 0 saturated heterocycles. The lowest BCUT2D eigenvalue weighted by Gasteiger charge is -2.70. The van der Waals surface area contributed by atoms with Crippen molar-refractivity contribution in [3.63, 3.8) is 0 Å². The molecule has 5 saturated carbocycles. The fourth-order valence-electron chi connectivity index (χ4n) is 9.96. The Bertz CT molecular complexity index is 766. The first-order chi connectivity index (χ1) is 13.8. The predicted octanol–water partition coefficient (Wildman–Crippen LogP) is 5.75. The smallest absolute Gasteiger partial charge is 0.302 e. The first-order valence-corrected chi connectivity index (χ1v) is 12.3. The van der Waals surface area contributed by atoms with Crippen molar-refractivity contribution in [1.29, 1.82) is 0 Å². The molecule has 1 spiro atoms. The van der Waals surface area contributed by atoms with E-state index in [4.69, 9.17) is 4.74 Å². The SMILES string of the molecule is CC[C@]1(C)[C@H]2CC[C@]3(C)[C@@H](OC(C)=O)CC[C@H]3[C@@H]2CC[C@]12C(=C=O)[C@@H]1CCC[C@@H]12. The predicted molar refractivity (Wildman–Crippen MR) is 113 cm³/mol. The number of ether oxygens (including phenoxy) is 1. The lowest BCUT2D eigenvalue weighted by Crippen LogP contribution is -2.65. The van der Waals surface area contributed by atoms with E-state index >= 15 is 0 Å². The van der Waals surface area contributed by atoms with Gasteiger partial charge in [0, 0.05) is 23.3 Å². The molecule has 0 bridgehead atoms. The van der Waals surface area contributed by atoms with Crippen LogP contribution >= 0.6 is 0 Å². The van der Waals surface area contributed by atoms with Gasteiger partial charge in [-0.3, -0.25) is 4.79 Å². The van der Waals surface area contributed by atoms with Crippen molar-refractivity contribution in [2.24, 2.45) is 45.8 Å². The van der Waals surface area contributed by atoms with Crippen molar-refractivity contribution in [2.45, 2.75) is 98.0 Å². The van der Waals surface area contributed by atoms with Gasteiger partial charge in [-0.2, -0.15) is 0 Å². The normalized spacial score (nSPS) is 52.9. The molecule has 0 unspecified atom stereocenters. The zero-order valence-electron chi connectivity index (χ0n) is 18.8. The summed E-state index contributed by atoms with van der Waals surface area (Å²) in [6.45, 7) is 8.87. The molecule has 0 N–H and O–H groups in total. The Labute approximate surface area is 176 Å². The molecule has 5 aliphatic rings. The van der Waals surface area contributed by atoms with Crippen LogP contribution < -0.4 is 0 Å². The van der Waals surface area contributed by atoms with Crippen molar-refractivity contribution >= 4 is 11.9 Å². The molecule has 29 heavy (non-hydrogen) atoms. The van der Waals surface area contributed by atoms with Gasteiger partial charge in [-0.05, 0) is 92.8 Å². The summed E-state index contributed by atoms with van der Waals surface area (Å²) in [6, 6.07) is 0. The number of hydrogen-bond donors (Lipinski definition) is 0. The van der Waals surface area contributed by atoms with Gasteiger partial charge in [0.05, 0.1) is 0 Å². The minimum Gasteiger partial charge on any atom is -0.462 e. The van der Waals surface area contributed by atoms with Gasteiger partial charge in [0.25, 0.3) is 0 Å². The monoisotopic (exact) mass is 398 g/mol. The highest BCUT2D eigenvalue weighted by atomic mass is 16.5. The summed E-state index contributed by atoms with van der Waals surface area (Å²) < 4.78 is 5.81. The van der Waals surface area contributed by atoms with Crippen LogP contribution in [0.2, 0.25) is 0 Å². The van der Waals surface area contributed by atoms with E-state index in [-0.39, 0.29) is 28.3 Å². The van der Waals surface area contributed by atoms with Crippen molar-refractivity contribution in [3.05, 3.63) is 5.57 Å². The second kappa shape index (κ2) is 6.46. The second-order valence-electron chi connectivity index (χ2n) is 11.5. The summed E-state index contributed by atoms with van der Waals surface area (Å²) in [5.74, 6) is 5.74. The fraction of sp³-hybridized carbons (Fsp3) is 0.885. The van der Waals surface area contributed by atoms with Crippen molar-refractivity contribution in [2.75, 3.05) is 0 Å². The quantitative estimate of drug-likeness (QED) is 0.440. The lowest BCUT2D eigenvalue weighted by molar-refractivity contribution is -0.187. The summed E-state index contributed by atoms with van der Waals surface area (Å²) in [7, 11) is 0. The zero-order valence-corrected chi connectivity index (χ0v) is 18.8. The Balaban J connectivity index is 1.49. The third-order valence-electron chi connectivity index (χ3n) is 11.2. The largest absolute Gasteiger partial charge is 0.462 e. The molecule has 9 atom stereocenters. The number of hydrogen-bond acceptors (Lipinski definition) is 3. The Morgan fingerprint density at radius 1 is 1.03 bits per heavy atom. The van der Waals surface area contributed by atoms with Crippen LogP contribution in [-0.4, -0.2) is 18.0 Å². The molecular weight excluding hydrogens is 360 g/mol. The van der Waals surface area contributed by atoms with E-state index in [1.54, 1.807) is 6.92 Å². The summed E-state index contributed by atoms with van der Waals surface area (Å²) >= 11 is 0. The minimum absolute atomic E-state index is 0.100. The minimum atomic E-state index is -0.123. The van der Waals surface area contributed by atoms with Crippen LogP contribution in [0.5, 0.6) is 0 Å². The molecule has 0 aromatic carbocycles. The molecule has 0 aliphatic heterocycles. The van der Waals surface area contributed by atoms with E-state index in [1.807, 2.05) is 0 Å². The molecule has 0 radical (unpaired) electrons. The van der Waals surface area contributed by atoms with Crippen LogP contribution in [0.4, 0.5) is 0 Å². The first-order valence-electron chi connectivity index (χ1n) is 12.3. The standard InChI is InChI=1S/C26H38O3/c1-5-25(4)20-12-13-24(3)19(9-10-23(24)29-16(2)28)18(20)11-14-26(25)21-8-6-7-17(21)22(26)15-27/h17-21,23H,5-14H2,1-4H3/t17-,18+,19+,20+,21+,23+,24+,25-,26+/m1/s1. The zero-order chi connectivity index (χ0) is 20.6. The van der Waals surface area contributed by atoms with E-state index < -0.39 is 0 Å². The highest BCUT2D eigenvalue weighted by Crippen LogP contribution is 2.78. The Hall–Kier alpha value is -1.08. The molecular formula is C26H38O3. The average molecular weight is 399 g/mol. The molecule has 160 valence electrons. The van der Waals surface area contributed by atoms with Crippen LogP contribution in [0.1, 0.15) is 91.9 Å². The first kappa shape index (κ1) is 19.9. The molecule has 0 aromatic heterocycles. The van der Waals surface area contributed by atoms with Gasteiger partial charge < -0.3 is 4.74 Å². The van der Waals surface area contributed by atoms with Gasteiger partial charge in [-0.1, -0.05) is 27.2 Å². The van der Waals surface area contributed by atoms with Crippen LogP contribution in [-0.2, 0) is 14.3 Å². The number of allylic oxidation sites excluding steroid dienone is 1. The van der Waals surface area contributed by atoms with E-state index in [1.165, 1.54) is 56.9 Å². The molecule has 5 aliphatic carbocycles. The molecule has 5 rings (SSSR count). The summed E-state index contributed by atoms with van der Waals surface area (Å²) in [6.07, 6.45) is 12.2. The van der Waals surface area contributed by atoms with Gasteiger partial charge in [0.15, 0.2) is 0 Å². The Morgan fingerprint density at radius 2 is 1.83 bits per heavy atom. The summed E-state index contributed by atoms with van der Waals surface area (Å²) in [5, 5.41) is 0. The number of carbonyl (C=O) groups excluding carboxylic acids is 2. The van der Waals surface area contributed by atoms with Crippen LogP contribution in [0.15, 0.2) is 5.57 Å². The highest BCUT2D eigenvalue weighted by molar-refractivity contribution is 5.66. The fourth-order valence-corrected chi connectivity index (χ4v) is 9.96. The lowest BCUT2D eigenvalue weighted by atomic mass is 9.33.